The normalized spacial score (nSPS) is 10.8. The number of anilines is 2. The fourth-order valence-electron chi connectivity index (χ4n) is 2.00. The van der Waals surface area contributed by atoms with Gasteiger partial charge >= 0.3 is 0 Å². The van der Waals surface area contributed by atoms with Gasteiger partial charge in [0.1, 0.15) is 5.69 Å². The topological polar surface area (TPSA) is 99.0 Å². The van der Waals surface area contributed by atoms with Gasteiger partial charge in [-0.3, -0.25) is 9.48 Å². The second-order valence-electron chi connectivity index (χ2n) is 4.42. The predicted octanol–water partition coefficient (Wildman–Crippen LogP) is 1.32. The summed E-state index contributed by atoms with van der Waals surface area (Å²) < 4.78 is 6.67. The van der Waals surface area contributed by atoms with Crippen molar-refractivity contribution in [3.05, 3.63) is 36.2 Å². The molecule has 0 fully saturated rings. The maximum atomic E-state index is 12.0. The summed E-state index contributed by atoms with van der Waals surface area (Å²) in [7, 11) is 1.71. The molecule has 0 bridgehead atoms. The first-order chi connectivity index (χ1) is 9.65. The van der Waals surface area contributed by atoms with Crippen molar-refractivity contribution in [2.75, 3.05) is 11.1 Å². The highest BCUT2D eigenvalue weighted by atomic mass is 16.5. The first kappa shape index (κ1) is 12.2. The van der Waals surface area contributed by atoms with Crippen LogP contribution in [0.2, 0.25) is 0 Å². The molecule has 1 amide bonds. The first-order valence-corrected chi connectivity index (χ1v) is 6.06. The van der Waals surface area contributed by atoms with Crippen LogP contribution in [0.5, 0.6) is 0 Å². The van der Waals surface area contributed by atoms with E-state index in [1.807, 2.05) is 24.3 Å². The summed E-state index contributed by atoms with van der Waals surface area (Å²) in [5.41, 5.74) is 7.40. The Morgan fingerprint density at radius 2 is 2.25 bits per heavy atom. The Bertz CT molecular complexity index is 755. The van der Waals surface area contributed by atoms with Crippen LogP contribution >= 0.6 is 0 Å². The van der Waals surface area contributed by atoms with Crippen LogP contribution in [-0.2, 0) is 18.3 Å². The van der Waals surface area contributed by atoms with Gasteiger partial charge in [0.15, 0.2) is 11.4 Å². The minimum absolute atomic E-state index is 0.113. The number of rotatable bonds is 3. The SMILES string of the molecule is Cn1ncc(N)c1NC(=O)Cc1noc2ccccc12. The van der Waals surface area contributed by atoms with E-state index in [0.29, 0.717) is 22.8 Å². The van der Waals surface area contributed by atoms with Crippen LogP contribution in [0.4, 0.5) is 11.5 Å². The molecule has 0 spiro atoms. The number of nitrogens with one attached hydrogen (secondary N) is 1. The van der Waals surface area contributed by atoms with Crippen molar-refractivity contribution in [2.45, 2.75) is 6.42 Å². The molecule has 0 aliphatic rings. The molecule has 0 aliphatic carbocycles. The molecule has 2 aromatic heterocycles. The van der Waals surface area contributed by atoms with Gasteiger partial charge in [0.25, 0.3) is 0 Å². The molecule has 3 aromatic rings. The molecular weight excluding hydrogens is 258 g/mol. The monoisotopic (exact) mass is 271 g/mol. The first-order valence-electron chi connectivity index (χ1n) is 6.06. The fourth-order valence-corrected chi connectivity index (χ4v) is 2.00. The summed E-state index contributed by atoms with van der Waals surface area (Å²) in [6.45, 7) is 0. The van der Waals surface area contributed by atoms with Crippen molar-refractivity contribution in [2.24, 2.45) is 7.05 Å². The van der Waals surface area contributed by atoms with Crippen LogP contribution in [-0.4, -0.2) is 20.8 Å². The minimum Gasteiger partial charge on any atom is -0.394 e. The quantitative estimate of drug-likeness (QED) is 0.748. The van der Waals surface area contributed by atoms with Gasteiger partial charge in [-0.2, -0.15) is 5.10 Å². The molecule has 7 heteroatoms. The molecule has 0 saturated heterocycles. The van der Waals surface area contributed by atoms with Gasteiger partial charge in [-0.25, -0.2) is 0 Å². The zero-order chi connectivity index (χ0) is 14.1. The van der Waals surface area contributed by atoms with Gasteiger partial charge in [0, 0.05) is 12.4 Å². The van der Waals surface area contributed by atoms with Gasteiger partial charge < -0.3 is 15.6 Å². The van der Waals surface area contributed by atoms with E-state index in [0.717, 1.165) is 5.39 Å². The number of benzene rings is 1. The van der Waals surface area contributed by atoms with Crippen molar-refractivity contribution in [1.82, 2.24) is 14.9 Å². The average molecular weight is 271 g/mol. The van der Waals surface area contributed by atoms with Crippen LogP contribution in [0.25, 0.3) is 11.0 Å². The highest BCUT2D eigenvalue weighted by Gasteiger charge is 2.14. The van der Waals surface area contributed by atoms with Gasteiger partial charge in [0.05, 0.1) is 18.3 Å². The number of aromatic nitrogens is 3. The van der Waals surface area contributed by atoms with E-state index in [-0.39, 0.29) is 12.3 Å². The lowest BCUT2D eigenvalue weighted by Gasteiger charge is -2.05. The van der Waals surface area contributed by atoms with E-state index in [1.165, 1.54) is 10.9 Å². The lowest BCUT2D eigenvalue weighted by molar-refractivity contribution is -0.115. The molecule has 0 saturated carbocycles. The van der Waals surface area contributed by atoms with Crippen molar-refractivity contribution < 1.29 is 9.32 Å². The molecule has 0 radical (unpaired) electrons. The average Bonchev–Trinajstić information content (AvgIpc) is 2.98. The molecule has 0 unspecified atom stereocenters. The fraction of sp³-hybridized carbons (Fsp3) is 0.154. The number of hydrogen-bond acceptors (Lipinski definition) is 5. The summed E-state index contributed by atoms with van der Waals surface area (Å²) >= 11 is 0. The van der Waals surface area contributed by atoms with Crippen molar-refractivity contribution in [1.29, 1.82) is 0 Å². The molecule has 20 heavy (non-hydrogen) atoms. The Hall–Kier alpha value is -2.83. The van der Waals surface area contributed by atoms with Crippen LogP contribution in [0.1, 0.15) is 5.69 Å². The third kappa shape index (κ3) is 2.09. The second-order valence-corrected chi connectivity index (χ2v) is 4.42. The molecule has 3 rings (SSSR count). The summed E-state index contributed by atoms with van der Waals surface area (Å²) in [6, 6.07) is 7.41. The Labute approximate surface area is 114 Å². The largest absolute Gasteiger partial charge is 0.394 e. The molecule has 7 nitrogen and oxygen atoms in total. The lowest BCUT2D eigenvalue weighted by Crippen LogP contribution is -2.17. The molecule has 1 aromatic carbocycles. The highest BCUT2D eigenvalue weighted by Crippen LogP contribution is 2.20. The molecule has 102 valence electrons. The predicted molar refractivity (Wildman–Crippen MR) is 74.0 cm³/mol. The van der Waals surface area contributed by atoms with E-state index < -0.39 is 0 Å². The third-order valence-corrected chi connectivity index (χ3v) is 3.01. The van der Waals surface area contributed by atoms with Gasteiger partial charge in [0.2, 0.25) is 5.91 Å². The maximum Gasteiger partial charge on any atom is 0.231 e. The number of para-hydroxylation sites is 1. The number of fused-ring (bicyclic) bond motifs is 1. The number of aryl methyl sites for hydroxylation is 1. The standard InChI is InChI=1S/C13H13N5O2/c1-18-13(9(14)7-15-18)16-12(19)6-10-8-4-2-3-5-11(8)20-17-10/h2-5,7H,6,14H2,1H3,(H,16,19). The van der Waals surface area contributed by atoms with E-state index in [9.17, 15) is 4.79 Å². The number of amides is 1. The van der Waals surface area contributed by atoms with Crippen LogP contribution in [0, 0.1) is 0 Å². The van der Waals surface area contributed by atoms with Crippen molar-refractivity contribution in [3.8, 4) is 0 Å². The molecule has 2 heterocycles. The summed E-state index contributed by atoms with van der Waals surface area (Å²) in [6.07, 6.45) is 1.60. The molecule has 3 N–H and O–H groups in total. The van der Waals surface area contributed by atoms with Crippen LogP contribution in [0.3, 0.4) is 0 Å². The Morgan fingerprint density at radius 1 is 1.45 bits per heavy atom. The zero-order valence-corrected chi connectivity index (χ0v) is 10.8. The van der Waals surface area contributed by atoms with Gasteiger partial charge in [-0.05, 0) is 12.1 Å². The second kappa shape index (κ2) is 4.69. The minimum atomic E-state index is -0.223. The van der Waals surface area contributed by atoms with Crippen LogP contribution < -0.4 is 11.1 Å². The number of carbonyl (C=O) groups excluding carboxylic acids is 1. The van der Waals surface area contributed by atoms with E-state index in [4.69, 9.17) is 10.3 Å². The van der Waals surface area contributed by atoms with E-state index in [2.05, 4.69) is 15.6 Å². The number of nitrogens with two attached hydrogens (primary N) is 1. The Balaban J connectivity index is 1.80. The Morgan fingerprint density at radius 3 is 3.00 bits per heavy atom. The zero-order valence-electron chi connectivity index (χ0n) is 10.8. The summed E-state index contributed by atoms with van der Waals surface area (Å²) in [4.78, 5) is 12.0. The highest BCUT2D eigenvalue weighted by molar-refractivity contribution is 5.95. The molecule has 0 atom stereocenters. The van der Waals surface area contributed by atoms with Crippen molar-refractivity contribution in [3.63, 3.8) is 0 Å². The smallest absolute Gasteiger partial charge is 0.231 e. The maximum absolute atomic E-state index is 12.0. The van der Waals surface area contributed by atoms with E-state index >= 15 is 0 Å². The molecule has 0 aliphatic heterocycles. The summed E-state index contributed by atoms with van der Waals surface area (Å²) in [5.74, 6) is 0.252. The lowest BCUT2D eigenvalue weighted by atomic mass is 10.1. The number of nitrogen functional groups attached to an aromatic ring is 1. The Kier molecular flexibility index (Phi) is 2.86. The third-order valence-electron chi connectivity index (χ3n) is 3.01. The van der Waals surface area contributed by atoms with Crippen molar-refractivity contribution >= 4 is 28.4 Å². The number of hydrogen-bond donors (Lipinski definition) is 2. The van der Waals surface area contributed by atoms with Crippen LogP contribution in [0.15, 0.2) is 35.0 Å². The van der Waals surface area contributed by atoms with E-state index in [1.54, 1.807) is 7.05 Å². The summed E-state index contributed by atoms with van der Waals surface area (Å²) in [5, 5.41) is 11.4. The number of nitrogens with zero attached hydrogens (tertiary/aromatic N) is 3. The number of carbonyl (C=O) groups is 1. The van der Waals surface area contributed by atoms with Gasteiger partial charge in [-0.15, -0.1) is 0 Å². The van der Waals surface area contributed by atoms with Gasteiger partial charge in [-0.1, -0.05) is 17.3 Å². The molecular formula is C13H13N5O2.